The lowest BCUT2D eigenvalue weighted by molar-refractivity contribution is 0.0944. The van der Waals surface area contributed by atoms with E-state index in [-0.39, 0.29) is 6.61 Å². The summed E-state index contributed by atoms with van der Waals surface area (Å²) in [6.45, 7) is -0.133. The lowest BCUT2D eigenvalue weighted by atomic mass is 10.0. The first-order valence-corrected chi connectivity index (χ1v) is 5.55. The molecule has 0 bridgehead atoms. The molecule has 0 saturated heterocycles. The van der Waals surface area contributed by atoms with Crippen molar-refractivity contribution in [3.8, 4) is 11.8 Å². The molecule has 1 aromatic rings. The zero-order valence-electron chi connectivity index (χ0n) is 8.81. The van der Waals surface area contributed by atoms with Gasteiger partial charge in [0.15, 0.2) is 5.78 Å². The molecule has 2 aliphatic carbocycles. The van der Waals surface area contributed by atoms with E-state index in [2.05, 4.69) is 11.8 Å². The van der Waals surface area contributed by atoms with Crippen molar-refractivity contribution in [2.24, 2.45) is 17.8 Å². The van der Waals surface area contributed by atoms with E-state index in [4.69, 9.17) is 5.11 Å². The largest absolute Gasteiger partial charge is 0.384 e. The van der Waals surface area contributed by atoms with Gasteiger partial charge in [0.2, 0.25) is 0 Å². The zero-order chi connectivity index (χ0) is 11.1. The highest BCUT2D eigenvalue weighted by Crippen LogP contribution is 2.68. The maximum Gasteiger partial charge on any atom is 0.166 e. The molecule has 0 aromatic heterocycles. The second kappa shape index (κ2) is 3.47. The summed E-state index contributed by atoms with van der Waals surface area (Å²) in [5.41, 5.74) is 1.64. The molecule has 2 saturated carbocycles. The van der Waals surface area contributed by atoms with Crippen LogP contribution in [0.1, 0.15) is 22.3 Å². The van der Waals surface area contributed by atoms with Gasteiger partial charge in [0, 0.05) is 17.0 Å². The Bertz CT molecular complexity index is 482. The van der Waals surface area contributed by atoms with Gasteiger partial charge in [-0.3, -0.25) is 4.79 Å². The fourth-order valence-electron chi connectivity index (χ4n) is 2.22. The molecule has 2 nitrogen and oxygen atoms in total. The Morgan fingerprint density at radius 3 is 2.50 bits per heavy atom. The third-order valence-corrected chi connectivity index (χ3v) is 3.46. The lowest BCUT2D eigenvalue weighted by Gasteiger charge is -2.02. The Labute approximate surface area is 94.3 Å². The number of ketones is 1. The summed E-state index contributed by atoms with van der Waals surface area (Å²) >= 11 is 0. The molecular formula is C14H12O2. The SMILES string of the molecule is O=C(c1ccc(C#CCO)cc1)C1C2CC21. The summed E-state index contributed by atoms with van der Waals surface area (Å²) in [6.07, 6.45) is 1.26. The lowest BCUT2D eigenvalue weighted by Crippen LogP contribution is -2.07. The molecular weight excluding hydrogens is 200 g/mol. The number of fused-ring (bicyclic) bond motifs is 1. The standard InChI is InChI=1S/C14H12O2/c15-7-1-2-9-3-5-10(6-4-9)14(16)13-11-8-12(11)13/h3-6,11-13,15H,7-8H2. The second-order valence-corrected chi connectivity index (χ2v) is 4.49. The van der Waals surface area contributed by atoms with Gasteiger partial charge >= 0.3 is 0 Å². The van der Waals surface area contributed by atoms with Crippen LogP contribution in [0, 0.1) is 29.6 Å². The Kier molecular flexibility index (Phi) is 2.08. The molecule has 1 aromatic carbocycles. The summed E-state index contributed by atoms with van der Waals surface area (Å²) in [6, 6.07) is 7.34. The molecule has 0 spiro atoms. The number of benzene rings is 1. The van der Waals surface area contributed by atoms with Crippen molar-refractivity contribution < 1.29 is 9.90 Å². The average molecular weight is 212 g/mol. The fraction of sp³-hybridized carbons (Fsp3) is 0.357. The highest BCUT2D eigenvalue weighted by molar-refractivity contribution is 6.01. The number of carbonyl (C=O) groups is 1. The number of rotatable bonds is 2. The van der Waals surface area contributed by atoms with Crippen LogP contribution >= 0.6 is 0 Å². The van der Waals surface area contributed by atoms with E-state index in [0.29, 0.717) is 23.5 Å². The molecule has 2 heteroatoms. The molecule has 80 valence electrons. The number of carbonyl (C=O) groups excluding carboxylic acids is 1. The molecule has 0 heterocycles. The normalized spacial score (nSPS) is 28.7. The number of hydrogen-bond acceptors (Lipinski definition) is 2. The van der Waals surface area contributed by atoms with Crippen molar-refractivity contribution in [3.05, 3.63) is 35.4 Å². The van der Waals surface area contributed by atoms with Gasteiger partial charge in [0.1, 0.15) is 6.61 Å². The molecule has 3 rings (SSSR count). The van der Waals surface area contributed by atoms with Crippen LogP contribution in [0.3, 0.4) is 0 Å². The molecule has 2 atom stereocenters. The molecule has 2 fully saturated rings. The van der Waals surface area contributed by atoms with Gasteiger partial charge in [-0.05, 0) is 30.4 Å². The minimum absolute atomic E-state index is 0.133. The quantitative estimate of drug-likeness (QED) is 0.595. The van der Waals surface area contributed by atoms with Gasteiger partial charge in [-0.2, -0.15) is 0 Å². The van der Waals surface area contributed by atoms with E-state index in [0.717, 1.165) is 11.1 Å². The molecule has 16 heavy (non-hydrogen) atoms. The maximum absolute atomic E-state index is 11.9. The summed E-state index contributed by atoms with van der Waals surface area (Å²) < 4.78 is 0. The third-order valence-electron chi connectivity index (χ3n) is 3.46. The van der Waals surface area contributed by atoms with Crippen LogP contribution in [0.4, 0.5) is 0 Å². The first-order chi connectivity index (χ1) is 7.81. The smallest absolute Gasteiger partial charge is 0.166 e. The van der Waals surface area contributed by atoms with E-state index >= 15 is 0 Å². The van der Waals surface area contributed by atoms with Crippen LogP contribution in [0.15, 0.2) is 24.3 Å². The predicted molar refractivity (Wildman–Crippen MR) is 59.8 cm³/mol. The van der Waals surface area contributed by atoms with Crippen LogP contribution in [-0.2, 0) is 0 Å². The molecule has 1 N–H and O–H groups in total. The van der Waals surface area contributed by atoms with Crippen LogP contribution in [0.25, 0.3) is 0 Å². The van der Waals surface area contributed by atoms with Crippen molar-refractivity contribution in [3.63, 3.8) is 0 Å². The number of hydrogen-bond donors (Lipinski definition) is 1. The van der Waals surface area contributed by atoms with E-state index in [1.165, 1.54) is 6.42 Å². The van der Waals surface area contributed by atoms with E-state index in [9.17, 15) is 4.79 Å². The van der Waals surface area contributed by atoms with Gasteiger partial charge in [0.25, 0.3) is 0 Å². The molecule has 0 radical (unpaired) electrons. The maximum atomic E-state index is 11.9. The fourth-order valence-corrected chi connectivity index (χ4v) is 2.22. The van der Waals surface area contributed by atoms with Crippen LogP contribution < -0.4 is 0 Å². The van der Waals surface area contributed by atoms with Crippen LogP contribution in [0.2, 0.25) is 0 Å². The van der Waals surface area contributed by atoms with Crippen LogP contribution in [0.5, 0.6) is 0 Å². The minimum atomic E-state index is -0.133. The van der Waals surface area contributed by atoms with Crippen molar-refractivity contribution >= 4 is 5.78 Å². The highest BCUT2D eigenvalue weighted by atomic mass is 16.2. The van der Waals surface area contributed by atoms with E-state index in [1.807, 2.05) is 24.3 Å². The van der Waals surface area contributed by atoms with Gasteiger partial charge in [0.05, 0.1) is 0 Å². The molecule has 2 aliphatic rings. The summed E-state index contributed by atoms with van der Waals surface area (Å²) in [5.74, 6) is 7.44. The predicted octanol–water partition coefficient (Wildman–Crippen LogP) is 1.48. The number of aliphatic hydroxyl groups excluding tert-OH is 1. The molecule has 0 amide bonds. The minimum Gasteiger partial charge on any atom is -0.384 e. The van der Waals surface area contributed by atoms with Gasteiger partial charge in [-0.1, -0.05) is 24.0 Å². The van der Waals surface area contributed by atoms with Crippen LogP contribution in [-0.4, -0.2) is 17.5 Å². The average Bonchev–Trinajstić information content (AvgIpc) is 3.17. The summed E-state index contributed by atoms with van der Waals surface area (Å²) in [4.78, 5) is 11.9. The first-order valence-electron chi connectivity index (χ1n) is 5.55. The number of Topliss-reactive ketones (excluding diaryl/α,β-unsaturated/α-hetero) is 1. The number of aliphatic hydroxyl groups is 1. The van der Waals surface area contributed by atoms with Gasteiger partial charge in [-0.15, -0.1) is 0 Å². The van der Waals surface area contributed by atoms with Crippen molar-refractivity contribution in [2.75, 3.05) is 6.61 Å². The third kappa shape index (κ3) is 1.54. The van der Waals surface area contributed by atoms with Crippen molar-refractivity contribution in [2.45, 2.75) is 6.42 Å². The Morgan fingerprint density at radius 2 is 2.00 bits per heavy atom. The summed E-state index contributed by atoms with van der Waals surface area (Å²) in [5, 5.41) is 8.56. The van der Waals surface area contributed by atoms with Crippen molar-refractivity contribution in [1.29, 1.82) is 0 Å². The van der Waals surface area contributed by atoms with Gasteiger partial charge in [-0.25, -0.2) is 0 Å². The zero-order valence-corrected chi connectivity index (χ0v) is 8.81. The highest BCUT2D eigenvalue weighted by Gasteiger charge is 2.67. The van der Waals surface area contributed by atoms with E-state index < -0.39 is 0 Å². The summed E-state index contributed by atoms with van der Waals surface area (Å²) in [7, 11) is 0. The Balaban J connectivity index is 1.74. The monoisotopic (exact) mass is 212 g/mol. The first kappa shape index (κ1) is 9.62. The molecule has 0 aliphatic heterocycles. The van der Waals surface area contributed by atoms with E-state index in [1.54, 1.807) is 0 Å². The molecule has 2 unspecified atom stereocenters. The Morgan fingerprint density at radius 1 is 1.31 bits per heavy atom. The van der Waals surface area contributed by atoms with Gasteiger partial charge < -0.3 is 5.11 Å². The second-order valence-electron chi connectivity index (χ2n) is 4.49. The van der Waals surface area contributed by atoms with Crippen molar-refractivity contribution in [1.82, 2.24) is 0 Å². The topological polar surface area (TPSA) is 37.3 Å². The Hall–Kier alpha value is -1.59.